The average Bonchev–Trinajstić information content (AvgIpc) is 2.62. The highest BCUT2D eigenvalue weighted by atomic mass is 16.5. The van der Waals surface area contributed by atoms with E-state index in [1.54, 1.807) is 12.1 Å². The van der Waals surface area contributed by atoms with Gasteiger partial charge in [-0.25, -0.2) is 0 Å². The monoisotopic (exact) mass is 325 g/mol. The molecule has 0 aliphatic rings. The second kappa shape index (κ2) is 9.47. The first-order chi connectivity index (χ1) is 11.7. The summed E-state index contributed by atoms with van der Waals surface area (Å²) in [5, 5.41) is 10.5. The lowest BCUT2D eigenvalue weighted by atomic mass is 10.1. The van der Waals surface area contributed by atoms with E-state index in [-0.39, 0.29) is 11.6 Å². The van der Waals surface area contributed by atoms with Gasteiger partial charge >= 0.3 is 0 Å². The highest BCUT2D eigenvalue weighted by molar-refractivity contribution is 5.97. The van der Waals surface area contributed by atoms with Crippen LogP contribution in [-0.2, 0) is 0 Å². The number of hydrogen-bond donors (Lipinski definition) is 3. The van der Waals surface area contributed by atoms with Gasteiger partial charge in [-0.15, -0.1) is 0 Å². The molecule has 4 N–H and O–H groups in total. The summed E-state index contributed by atoms with van der Waals surface area (Å²) in [5.41, 5.74) is 6.83. The Morgan fingerprint density at radius 1 is 1.00 bits per heavy atom. The highest BCUT2D eigenvalue weighted by Gasteiger charge is 2.03. The Hall–Kier alpha value is -2.66. The van der Waals surface area contributed by atoms with Crippen molar-refractivity contribution in [2.24, 2.45) is 5.73 Å². The van der Waals surface area contributed by atoms with Gasteiger partial charge in [-0.3, -0.25) is 10.2 Å². The van der Waals surface area contributed by atoms with E-state index in [1.807, 2.05) is 42.5 Å². The van der Waals surface area contributed by atoms with Crippen LogP contribution in [0.25, 0.3) is 0 Å². The van der Waals surface area contributed by atoms with E-state index in [2.05, 4.69) is 5.32 Å². The van der Waals surface area contributed by atoms with Crippen LogP contribution < -0.4 is 15.8 Å². The molecule has 2 aromatic rings. The van der Waals surface area contributed by atoms with Crippen LogP contribution in [0.5, 0.6) is 5.75 Å². The number of nitrogens with two attached hydrogens (primary N) is 1. The number of Topliss-reactive ketones (excluding diaryl/α,β-unsaturated/α-hetero) is 1. The Bertz CT molecular complexity index is 654. The molecule has 0 unspecified atom stereocenters. The Morgan fingerprint density at radius 2 is 1.71 bits per heavy atom. The van der Waals surface area contributed by atoms with Crippen molar-refractivity contribution in [3.05, 3.63) is 65.7 Å². The van der Waals surface area contributed by atoms with Gasteiger partial charge in [0.25, 0.3) is 0 Å². The minimum Gasteiger partial charge on any atom is -0.494 e. The molecule has 0 saturated heterocycles. The third-order valence-electron chi connectivity index (χ3n) is 3.56. The maximum Gasteiger partial charge on any atom is 0.176 e. The fourth-order valence-electron chi connectivity index (χ4n) is 2.20. The molecule has 0 fully saturated rings. The molecular weight excluding hydrogens is 302 g/mol. The van der Waals surface area contributed by atoms with Crippen LogP contribution in [0.2, 0.25) is 0 Å². The molecule has 5 nitrogen and oxygen atoms in total. The van der Waals surface area contributed by atoms with E-state index in [0.29, 0.717) is 18.7 Å². The molecule has 5 heteroatoms. The van der Waals surface area contributed by atoms with Crippen LogP contribution in [0.3, 0.4) is 0 Å². The van der Waals surface area contributed by atoms with E-state index < -0.39 is 0 Å². The number of ether oxygens (including phenoxy) is 1. The zero-order chi connectivity index (χ0) is 17.2. The van der Waals surface area contributed by atoms with Crippen molar-refractivity contribution in [3.63, 3.8) is 0 Å². The first kappa shape index (κ1) is 17.7. The lowest BCUT2D eigenvalue weighted by molar-refractivity contribution is 0.0991. The summed E-state index contributed by atoms with van der Waals surface area (Å²) in [4.78, 5) is 11.9. The molecule has 2 rings (SSSR count). The van der Waals surface area contributed by atoms with Gasteiger partial charge in [0, 0.05) is 11.1 Å². The van der Waals surface area contributed by atoms with Crippen molar-refractivity contribution in [2.45, 2.75) is 12.8 Å². The Kier molecular flexibility index (Phi) is 6.98. The summed E-state index contributed by atoms with van der Waals surface area (Å²) in [7, 11) is 0. The van der Waals surface area contributed by atoms with Gasteiger partial charge in [0.2, 0.25) is 0 Å². The minimum absolute atomic E-state index is 0.0534. The summed E-state index contributed by atoms with van der Waals surface area (Å²) < 4.78 is 5.63. The van der Waals surface area contributed by atoms with Crippen LogP contribution in [0, 0.1) is 5.41 Å². The van der Waals surface area contributed by atoms with E-state index in [9.17, 15) is 4.79 Å². The van der Waals surface area contributed by atoms with Gasteiger partial charge in [0.05, 0.1) is 13.2 Å². The molecule has 24 heavy (non-hydrogen) atoms. The maximum atomic E-state index is 11.9. The number of unbranched alkanes of at least 4 members (excludes halogenated alkanes) is 1. The second-order valence-corrected chi connectivity index (χ2v) is 5.46. The molecule has 126 valence electrons. The molecule has 0 radical (unpaired) electrons. The molecule has 0 aliphatic heterocycles. The average molecular weight is 325 g/mol. The quantitative estimate of drug-likeness (QED) is 0.271. The molecule has 2 aromatic carbocycles. The van der Waals surface area contributed by atoms with Crippen molar-refractivity contribution >= 4 is 11.6 Å². The van der Waals surface area contributed by atoms with E-state index >= 15 is 0 Å². The fourth-order valence-corrected chi connectivity index (χ4v) is 2.20. The van der Waals surface area contributed by atoms with Crippen molar-refractivity contribution in [1.82, 2.24) is 5.32 Å². The molecule has 0 spiro atoms. The van der Waals surface area contributed by atoms with Crippen LogP contribution in [0.4, 0.5) is 0 Å². The van der Waals surface area contributed by atoms with Crippen LogP contribution in [0.15, 0.2) is 54.6 Å². The minimum atomic E-state index is 0.0534. The lowest BCUT2D eigenvalue weighted by Crippen LogP contribution is -2.24. The topological polar surface area (TPSA) is 88.2 Å². The summed E-state index contributed by atoms with van der Waals surface area (Å²) in [6.45, 7) is 1.76. The van der Waals surface area contributed by atoms with Gasteiger partial charge in [0.1, 0.15) is 11.6 Å². The number of nitrogens with one attached hydrogen (secondary N) is 2. The zero-order valence-electron chi connectivity index (χ0n) is 13.6. The SMILES string of the molecule is N=C(N)c1ccc(OCCCCNCC(=O)c2ccccc2)cc1. The van der Waals surface area contributed by atoms with Gasteiger partial charge in [-0.05, 0) is 43.7 Å². The predicted octanol–water partition coefficient (Wildman–Crippen LogP) is 2.60. The third kappa shape index (κ3) is 5.85. The summed E-state index contributed by atoms with van der Waals surface area (Å²) >= 11 is 0. The normalized spacial score (nSPS) is 10.3. The van der Waals surface area contributed by atoms with Crippen LogP contribution >= 0.6 is 0 Å². The molecule has 0 bridgehead atoms. The fraction of sp³-hybridized carbons (Fsp3) is 0.263. The van der Waals surface area contributed by atoms with Crippen molar-refractivity contribution in [1.29, 1.82) is 5.41 Å². The molecule has 0 saturated carbocycles. The smallest absolute Gasteiger partial charge is 0.176 e. The third-order valence-corrected chi connectivity index (χ3v) is 3.56. The molecule has 0 amide bonds. The van der Waals surface area contributed by atoms with Gasteiger partial charge in [-0.2, -0.15) is 0 Å². The summed E-state index contributed by atoms with van der Waals surface area (Å²) in [6, 6.07) is 16.5. The first-order valence-electron chi connectivity index (χ1n) is 8.03. The summed E-state index contributed by atoms with van der Waals surface area (Å²) in [5.74, 6) is 0.933. The predicted molar refractivity (Wildman–Crippen MR) is 95.8 cm³/mol. The Balaban J connectivity index is 1.55. The molecule has 0 heterocycles. The maximum absolute atomic E-state index is 11.9. The number of amidine groups is 1. The van der Waals surface area contributed by atoms with Crippen molar-refractivity contribution in [3.8, 4) is 5.75 Å². The van der Waals surface area contributed by atoms with Crippen molar-refractivity contribution < 1.29 is 9.53 Å². The largest absolute Gasteiger partial charge is 0.494 e. The number of carbonyl (C=O) groups is 1. The number of rotatable bonds is 10. The summed E-state index contributed by atoms with van der Waals surface area (Å²) in [6.07, 6.45) is 1.84. The van der Waals surface area contributed by atoms with E-state index in [4.69, 9.17) is 15.9 Å². The molecule has 0 aromatic heterocycles. The van der Waals surface area contributed by atoms with Gasteiger partial charge in [-0.1, -0.05) is 30.3 Å². The number of benzene rings is 2. The molecule has 0 atom stereocenters. The lowest BCUT2D eigenvalue weighted by Gasteiger charge is -2.07. The van der Waals surface area contributed by atoms with E-state index in [0.717, 1.165) is 30.7 Å². The number of carbonyl (C=O) groups excluding carboxylic acids is 1. The van der Waals surface area contributed by atoms with E-state index in [1.165, 1.54) is 0 Å². The van der Waals surface area contributed by atoms with Crippen LogP contribution in [-0.4, -0.2) is 31.3 Å². The van der Waals surface area contributed by atoms with Crippen LogP contribution in [0.1, 0.15) is 28.8 Å². The standard InChI is InChI=1S/C19H23N3O2/c20-19(21)16-8-10-17(11-9-16)24-13-5-4-12-22-14-18(23)15-6-2-1-3-7-15/h1-3,6-11,22H,4-5,12-14H2,(H3,20,21). The number of ketones is 1. The zero-order valence-corrected chi connectivity index (χ0v) is 13.6. The molecule has 0 aliphatic carbocycles. The highest BCUT2D eigenvalue weighted by Crippen LogP contribution is 2.12. The second-order valence-electron chi connectivity index (χ2n) is 5.46. The van der Waals surface area contributed by atoms with Gasteiger partial charge < -0.3 is 15.8 Å². The van der Waals surface area contributed by atoms with Gasteiger partial charge in [0.15, 0.2) is 5.78 Å². The number of nitrogen functional groups attached to an aromatic ring is 1. The first-order valence-corrected chi connectivity index (χ1v) is 8.03. The Labute approximate surface area is 142 Å². The Morgan fingerprint density at radius 3 is 2.38 bits per heavy atom. The molecular formula is C19H23N3O2. The number of hydrogen-bond acceptors (Lipinski definition) is 4. The van der Waals surface area contributed by atoms with Crippen molar-refractivity contribution in [2.75, 3.05) is 19.7 Å².